The lowest BCUT2D eigenvalue weighted by atomic mass is 9.97. The molecule has 4 unspecified atom stereocenters. The van der Waals surface area contributed by atoms with Gasteiger partial charge in [0.1, 0.15) is 0 Å². The molecule has 0 saturated heterocycles. The van der Waals surface area contributed by atoms with Crippen molar-refractivity contribution in [1.82, 2.24) is 8.61 Å². The van der Waals surface area contributed by atoms with Crippen molar-refractivity contribution in [3.63, 3.8) is 0 Å². The van der Waals surface area contributed by atoms with E-state index in [2.05, 4.69) is 55.4 Å². The van der Waals surface area contributed by atoms with Crippen molar-refractivity contribution in [1.29, 1.82) is 0 Å². The number of sulfonamides is 2. The first-order valence-corrected chi connectivity index (χ1v) is 20.6. The normalized spacial score (nSPS) is 15.9. The second kappa shape index (κ2) is 23.2. The van der Waals surface area contributed by atoms with Gasteiger partial charge in [0.2, 0.25) is 20.0 Å². The lowest BCUT2D eigenvalue weighted by molar-refractivity contribution is 0.266. The Bertz CT molecular complexity index is 728. The maximum absolute atomic E-state index is 14.1. The average molecular weight is 623 g/mol. The van der Waals surface area contributed by atoms with E-state index in [1.54, 1.807) is 8.61 Å². The van der Waals surface area contributed by atoms with Crippen LogP contribution in [0.5, 0.6) is 0 Å². The molecule has 0 amide bonds. The Morgan fingerprint density at radius 2 is 0.634 bits per heavy atom. The van der Waals surface area contributed by atoms with Crippen molar-refractivity contribution in [3.8, 4) is 0 Å². The molecular formula is C33H70N2O4S2. The minimum absolute atomic E-state index is 0.254. The molecule has 0 spiro atoms. The number of hydrogen-bond acceptors (Lipinski definition) is 4. The van der Waals surface area contributed by atoms with Gasteiger partial charge in [-0.3, -0.25) is 0 Å². The van der Waals surface area contributed by atoms with Crippen molar-refractivity contribution in [2.45, 2.75) is 158 Å². The number of unbranched alkanes of at least 4 members (excludes halogenated alkanes) is 4. The molecule has 0 saturated carbocycles. The first kappa shape index (κ1) is 40.8. The number of hydrogen-bond donors (Lipinski definition) is 0. The molecule has 0 aliphatic rings. The van der Waals surface area contributed by atoms with Gasteiger partial charge in [-0.2, -0.15) is 0 Å². The van der Waals surface area contributed by atoms with Gasteiger partial charge in [0, 0.05) is 26.2 Å². The Hall–Kier alpha value is -0.180. The van der Waals surface area contributed by atoms with E-state index < -0.39 is 25.1 Å². The molecule has 41 heavy (non-hydrogen) atoms. The van der Waals surface area contributed by atoms with Crippen LogP contribution in [-0.4, -0.2) is 56.7 Å². The van der Waals surface area contributed by atoms with E-state index in [1.807, 2.05) is 0 Å². The fourth-order valence-electron chi connectivity index (χ4n) is 5.76. The van der Waals surface area contributed by atoms with Gasteiger partial charge in [-0.1, -0.05) is 132 Å². The Balaban J connectivity index is 6.28. The molecule has 0 radical (unpaired) electrons. The van der Waals surface area contributed by atoms with E-state index in [0.29, 0.717) is 26.2 Å². The third-order valence-corrected chi connectivity index (χ3v) is 13.7. The van der Waals surface area contributed by atoms with Crippen molar-refractivity contribution < 1.29 is 16.8 Å². The summed E-state index contributed by atoms with van der Waals surface area (Å²) in [4.78, 5) is 0. The molecule has 6 nitrogen and oxygen atoms in total. The summed E-state index contributed by atoms with van der Waals surface area (Å²) in [5, 5.41) is -0.803. The zero-order chi connectivity index (χ0) is 31.3. The topological polar surface area (TPSA) is 74.8 Å². The van der Waals surface area contributed by atoms with Gasteiger partial charge >= 0.3 is 0 Å². The molecule has 0 aliphatic heterocycles. The summed E-state index contributed by atoms with van der Waals surface area (Å²) in [5.41, 5.74) is 0. The van der Waals surface area contributed by atoms with Crippen LogP contribution in [0.25, 0.3) is 0 Å². The average Bonchev–Trinajstić information content (AvgIpc) is 2.94. The minimum Gasteiger partial charge on any atom is -0.211 e. The molecule has 8 heteroatoms. The van der Waals surface area contributed by atoms with Crippen LogP contribution in [0, 0.1) is 23.7 Å². The van der Waals surface area contributed by atoms with Crippen LogP contribution >= 0.6 is 0 Å². The van der Waals surface area contributed by atoms with E-state index in [9.17, 15) is 16.8 Å². The summed E-state index contributed by atoms with van der Waals surface area (Å²) >= 11 is 0. The van der Waals surface area contributed by atoms with Crippen LogP contribution in [0.3, 0.4) is 0 Å². The summed E-state index contributed by atoms with van der Waals surface area (Å²) < 4.78 is 59.5. The molecule has 0 fully saturated rings. The minimum atomic E-state index is -4.00. The maximum Gasteiger partial charge on any atom is 0.229 e. The molecule has 0 aromatic heterocycles. The van der Waals surface area contributed by atoms with Crippen LogP contribution in [-0.2, 0) is 20.0 Å². The van der Waals surface area contributed by atoms with Crippen molar-refractivity contribution in [2.75, 3.05) is 31.3 Å². The van der Waals surface area contributed by atoms with Crippen molar-refractivity contribution >= 4 is 20.0 Å². The lowest BCUT2D eigenvalue weighted by Gasteiger charge is -2.33. The van der Waals surface area contributed by atoms with Crippen LogP contribution < -0.4 is 0 Å². The van der Waals surface area contributed by atoms with E-state index in [4.69, 9.17) is 0 Å². The number of nitrogens with zero attached hydrogens (tertiary/aromatic N) is 2. The van der Waals surface area contributed by atoms with Crippen molar-refractivity contribution in [3.05, 3.63) is 0 Å². The zero-order valence-corrected chi connectivity index (χ0v) is 30.1. The van der Waals surface area contributed by atoms with Crippen molar-refractivity contribution in [2.24, 2.45) is 23.7 Å². The van der Waals surface area contributed by atoms with Gasteiger partial charge in [0.15, 0.2) is 5.08 Å². The highest BCUT2D eigenvalue weighted by Crippen LogP contribution is 2.25. The van der Waals surface area contributed by atoms with Gasteiger partial charge in [-0.25, -0.2) is 25.4 Å². The SMILES string of the molecule is CCCCC(CC)CN(CC(CC)CCCC)S(=O)(=O)CS(=O)(=O)N(CC(CC)CCCC)CC(CC)CCCC. The largest absolute Gasteiger partial charge is 0.229 e. The Kier molecular flexibility index (Phi) is 23.1. The second-order valence-electron chi connectivity index (χ2n) is 12.6. The summed E-state index contributed by atoms with van der Waals surface area (Å²) in [5.74, 6) is 1.02. The van der Waals surface area contributed by atoms with Crippen LogP contribution in [0.15, 0.2) is 0 Å². The smallest absolute Gasteiger partial charge is 0.211 e. The Morgan fingerprint density at radius 1 is 0.415 bits per heavy atom. The summed E-state index contributed by atoms with van der Waals surface area (Å²) in [6, 6.07) is 0. The third-order valence-electron chi connectivity index (χ3n) is 9.11. The van der Waals surface area contributed by atoms with Crippen LogP contribution in [0.2, 0.25) is 0 Å². The summed E-state index contributed by atoms with van der Waals surface area (Å²) in [6.45, 7) is 18.9. The molecule has 248 valence electrons. The zero-order valence-electron chi connectivity index (χ0n) is 28.5. The number of rotatable bonds is 28. The van der Waals surface area contributed by atoms with E-state index >= 15 is 0 Å². The first-order chi connectivity index (χ1) is 19.5. The molecule has 0 heterocycles. The molecule has 0 N–H and O–H groups in total. The molecule has 0 bridgehead atoms. The summed E-state index contributed by atoms with van der Waals surface area (Å²) in [6.07, 6.45) is 16.1. The molecule has 0 aromatic rings. The molecule has 0 aliphatic carbocycles. The highest BCUT2D eigenvalue weighted by Gasteiger charge is 2.36. The van der Waals surface area contributed by atoms with Gasteiger partial charge < -0.3 is 0 Å². The third kappa shape index (κ3) is 17.0. The highest BCUT2D eigenvalue weighted by atomic mass is 32.3. The monoisotopic (exact) mass is 622 g/mol. The molecular weight excluding hydrogens is 553 g/mol. The van der Waals surface area contributed by atoms with E-state index in [-0.39, 0.29) is 23.7 Å². The second-order valence-corrected chi connectivity index (χ2v) is 16.9. The molecule has 0 aromatic carbocycles. The van der Waals surface area contributed by atoms with Gasteiger partial charge in [0.05, 0.1) is 0 Å². The molecule has 4 atom stereocenters. The fourth-order valence-corrected chi connectivity index (χ4v) is 10.2. The van der Waals surface area contributed by atoms with Crippen LogP contribution in [0.1, 0.15) is 158 Å². The first-order valence-electron chi connectivity index (χ1n) is 17.4. The van der Waals surface area contributed by atoms with E-state index in [1.165, 1.54) is 0 Å². The Labute approximate surface area is 257 Å². The van der Waals surface area contributed by atoms with Gasteiger partial charge in [0.25, 0.3) is 0 Å². The summed E-state index contributed by atoms with van der Waals surface area (Å²) in [7, 11) is -8.00. The quantitative estimate of drug-likeness (QED) is 0.0872. The predicted molar refractivity (Wildman–Crippen MR) is 179 cm³/mol. The Morgan fingerprint density at radius 3 is 0.805 bits per heavy atom. The fraction of sp³-hybridized carbons (Fsp3) is 1.00. The van der Waals surface area contributed by atoms with Gasteiger partial charge in [-0.15, -0.1) is 0 Å². The van der Waals surface area contributed by atoms with Gasteiger partial charge in [-0.05, 0) is 49.4 Å². The van der Waals surface area contributed by atoms with E-state index in [0.717, 1.165) is 103 Å². The standard InChI is InChI=1S/C33H70N2O4S2/c1-9-17-21-30(13-5)25-34(26-31(14-6)22-18-10-2)40(36,37)29-41(38,39)35(27-32(15-7)23-19-11-3)28-33(16-8)24-20-12-4/h30-33H,9-29H2,1-8H3. The predicted octanol–water partition coefficient (Wildman–Crippen LogP) is 9.07. The highest BCUT2D eigenvalue weighted by molar-refractivity contribution is 8.05. The molecule has 0 rings (SSSR count). The van der Waals surface area contributed by atoms with Crippen LogP contribution in [0.4, 0.5) is 0 Å². The maximum atomic E-state index is 14.1. The lowest BCUT2D eigenvalue weighted by Crippen LogP contribution is -2.46.